The molecule has 0 saturated carbocycles. The van der Waals surface area contributed by atoms with E-state index < -0.39 is 27.1 Å². The average molecular weight is 615 g/mol. The predicted molar refractivity (Wildman–Crippen MR) is 170 cm³/mol. The predicted octanol–water partition coefficient (Wildman–Crippen LogP) is 5.17. The van der Waals surface area contributed by atoms with Crippen molar-refractivity contribution in [1.82, 2.24) is 5.32 Å². The minimum Gasteiger partial charge on any atom is -0.325 e. The number of thioether (sulfide) groups is 1. The van der Waals surface area contributed by atoms with Crippen molar-refractivity contribution in [1.29, 1.82) is 0 Å². The third-order valence-corrected chi connectivity index (χ3v) is 8.26. The smallest absolute Gasteiger partial charge is 0.272 e. The quantitative estimate of drug-likeness (QED) is 0.143. The summed E-state index contributed by atoms with van der Waals surface area (Å²) in [5, 5.41) is 12.9. The lowest BCUT2D eigenvalue weighted by molar-refractivity contribution is -0.115. The summed E-state index contributed by atoms with van der Waals surface area (Å²) < 4.78 is 22.9. The minimum atomic E-state index is -3.83. The third-order valence-electron chi connectivity index (χ3n) is 6.24. The van der Waals surface area contributed by atoms with Crippen molar-refractivity contribution in [2.24, 2.45) is 5.14 Å². The fraction of sp³-hybridized carbons (Fsp3) is 0.0938. The molecular formula is C32H30N4O5S2. The molecule has 3 amide bonds. The molecule has 0 fully saturated rings. The Labute approximate surface area is 254 Å². The van der Waals surface area contributed by atoms with Gasteiger partial charge >= 0.3 is 0 Å². The molecule has 0 aliphatic heterocycles. The second kappa shape index (κ2) is 14.0. The van der Waals surface area contributed by atoms with Gasteiger partial charge in [-0.2, -0.15) is 0 Å². The van der Waals surface area contributed by atoms with Crippen LogP contribution in [0.25, 0.3) is 6.08 Å². The molecule has 4 aromatic rings. The van der Waals surface area contributed by atoms with Crippen LogP contribution in [0.1, 0.15) is 28.4 Å². The highest BCUT2D eigenvalue weighted by atomic mass is 32.2. The summed E-state index contributed by atoms with van der Waals surface area (Å²) in [6.07, 6.45) is 1.63. The average Bonchev–Trinajstić information content (AvgIpc) is 2.98. The number of aryl methyl sites for hydroxylation is 1. The number of primary sulfonamides is 1. The number of hydrogen-bond acceptors (Lipinski definition) is 6. The van der Waals surface area contributed by atoms with Gasteiger partial charge in [0.15, 0.2) is 0 Å². The normalized spacial score (nSPS) is 12.2. The van der Waals surface area contributed by atoms with E-state index in [9.17, 15) is 22.8 Å². The molecule has 1 atom stereocenters. The molecule has 0 heterocycles. The van der Waals surface area contributed by atoms with Crippen LogP contribution >= 0.6 is 11.8 Å². The van der Waals surface area contributed by atoms with Gasteiger partial charge in [0.05, 0.1) is 10.1 Å². The van der Waals surface area contributed by atoms with Crippen molar-refractivity contribution in [2.45, 2.75) is 28.9 Å². The van der Waals surface area contributed by atoms with Crippen molar-refractivity contribution < 1.29 is 22.8 Å². The Morgan fingerprint density at radius 1 is 0.814 bits per heavy atom. The zero-order valence-corrected chi connectivity index (χ0v) is 25.0. The molecule has 11 heteroatoms. The molecule has 0 aliphatic carbocycles. The molecule has 5 N–H and O–H groups in total. The Morgan fingerprint density at radius 3 is 2.16 bits per heavy atom. The molecule has 1 unspecified atom stereocenters. The number of carbonyl (C=O) groups is 3. The molecule has 0 bridgehead atoms. The minimum absolute atomic E-state index is 0.0525. The van der Waals surface area contributed by atoms with Gasteiger partial charge in [0.1, 0.15) is 5.70 Å². The number of nitrogens with two attached hydrogens (primary N) is 1. The number of amides is 3. The lowest BCUT2D eigenvalue weighted by atomic mass is 10.1. The molecule has 4 rings (SSSR count). The van der Waals surface area contributed by atoms with Gasteiger partial charge in [-0.05, 0) is 85.6 Å². The number of sulfonamides is 1. The summed E-state index contributed by atoms with van der Waals surface area (Å²) in [4.78, 5) is 39.8. The molecule has 0 aromatic heterocycles. The fourth-order valence-corrected chi connectivity index (χ4v) is 5.36. The van der Waals surface area contributed by atoms with Crippen molar-refractivity contribution in [3.05, 3.63) is 126 Å². The summed E-state index contributed by atoms with van der Waals surface area (Å²) in [7, 11) is -3.83. The molecule has 4 aromatic carbocycles. The molecule has 0 radical (unpaired) electrons. The molecule has 43 heavy (non-hydrogen) atoms. The van der Waals surface area contributed by atoms with Crippen molar-refractivity contribution in [3.8, 4) is 0 Å². The van der Waals surface area contributed by atoms with Gasteiger partial charge in [0, 0.05) is 21.8 Å². The topological polar surface area (TPSA) is 147 Å². The summed E-state index contributed by atoms with van der Waals surface area (Å²) in [5.41, 5.74) is 3.11. The number of benzene rings is 4. The Kier molecular flexibility index (Phi) is 10.1. The van der Waals surface area contributed by atoms with E-state index in [1.807, 2.05) is 37.3 Å². The first kappa shape index (κ1) is 31.2. The zero-order chi connectivity index (χ0) is 31.0. The monoisotopic (exact) mass is 614 g/mol. The van der Waals surface area contributed by atoms with E-state index in [0.29, 0.717) is 16.9 Å². The lowest BCUT2D eigenvalue weighted by Crippen LogP contribution is -2.30. The van der Waals surface area contributed by atoms with E-state index >= 15 is 0 Å². The first-order valence-corrected chi connectivity index (χ1v) is 15.6. The lowest BCUT2D eigenvalue weighted by Gasteiger charge is -2.14. The second-order valence-electron chi connectivity index (χ2n) is 9.54. The van der Waals surface area contributed by atoms with Gasteiger partial charge in [-0.25, -0.2) is 13.6 Å². The van der Waals surface area contributed by atoms with Gasteiger partial charge in [0.2, 0.25) is 15.9 Å². The molecular weight excluding hydrogens is 585 g/mol. The maximum atomic E-state index is 13.4. The summed E-state index contributed by atoms with van der Waals surface area (Å²) in [5.74, 6) is -1.22. The number of carbonyl (C=O) groups excluding carboxylic acids is 3. The number of nitrogens with one attached hydrogen (secondary N) is 3. The van der Waals surface area contributed by atoms with E-state index in [1.54, 1.807) is 61.5 Å². The summed E-state index contributed by atoms with van der Waals surface area (Å²) in [6.45, 7) is 3.64. The standard InChI is InChI=1S/C32H30N4O5S2/c1-21-9-6-7-12-24(21)19-29(36-31(38)23-10-4-3-5-11-23)32(39)35-26-13-8-14-27(20-26)42-22(2)30(37)34-25-15-17-28(18-16-25)43(33,40)41/h3-20,22H,1-2H3,(H,34,37)(H,35,39)(H,36,38)(H2,33,40,41)/b29-19-. The Balaban J connectivity index is 1.46. The molecule has 9 nitrogen and oxygen atoms in total. The van der Waals surface area contributed by atoms with Gasteiger partial charge in [-0.1, -0.05) is 48.5 Å². The Morgan fingerprint density at radius 2 is 1.49 bits per heavy atom. The highest BCUT2D eigenvalue weighted by Crippen LogP contribution is 2.27. The van der Waals surface area contributed by atoms with Crippen LogP contribution in [-0.2, 0) is 19.6 Å². The van der Waals surface area contributed by atoms with Crippen LogP contribution in [0.5, 0.6) is 0 Å². The van der Waals surface area contributed by atoms with Crippen LogP contribution in [0.4, 0.5) is 11.4 Å². The second-order valence-corrected chi connectivity index (χ2v) is 12.5. The maximum Gasteiger partial charge on any atom is 0.272 e. The van der Waals surface area contributed by atoms with Crippen LogP contribution in [0.2, 0.25) is 0 Å². The van der Waals surface area contributed by atoms with E-state index in [4.69, 9.17) is 5.14 Å². The number of hydrogen-bond donors (Lipinski definition) is 4. The third kappa shape index (κ3) is 8.89. The number of anilines is 2. The number of rotatable bonds is 10. The van der Waals surface area contributed by atoms with E-state index in [0.717, 1.165) is 16.0 Å². The van der Waals surface area contributed by atoms with Crippen molar-refractivity contribution >= 4 is 57.0 Å². The fourth-order valence-electron chi connectivity index (χ4n) is 3.92. The zero-order valence-electron chi connectivity index (χ0n) is 23.4. The van der Waals surface area contributed by atoms with Crippen LogP contribution in [0, 0.1) is 6.92 Å². The summed E-state index contributed by atoms with van der Waals surface area (Å²) >= 11 is 1.28. The van der Waals surface area contributed by atoms with E-state index in [1.165, 1.54) is 36.0 Å². The molecule has 0 spiro atoms. The van der Waals surface area contributed by atoms with Crippen LogP contribution < -0.4 is 21.1 Å². The first-order chi connectivity index (χ1) is 20.5. The van der Waals surface area contributed by atoms with Gasteiger partial charge < -0.3 is 16.0 Å². The molecule has 0 saturated heterocycles. The van der Waals surface area contributed by atoms with Gasteiger partial charge in [-0.3, -0.25) is 14.4 Å². The van der Waals surface area contributed by atoms with Crippen LogP contribution in [0.15, 0.2) is 119 Å². The van der Waals surface area contributed by atoms with E-state index in [2.05, 4.69) is 16.0 Å². The Bertz CT molecular complexity index is 1770. The molecule has 220 valence electrons. The highest BCUT2D eigenvalue weighted by Gasteiger charge is 2.18. The molecule has 0 aliphatic rings. The maximum absolute atomic E-state index is 13.4. The first-order valence-electron chi connectivity index (χ1n) is 13.1. The van der Waals surface area contributed by atoms with Crippen LogP contribution in [-0.4, -0.2) is 31.4 Å². The van der Waals surface area contributed by atoms with E-state index in [-0.39, 0.29) is 16.5 Å². The SMILES string of the molecule is Cc1ccccc1/C=C(\NC(=O)c1ccccc1)C(=O)Nc1cccc(SC(C)C(=O)Nc2ccc(S(N)(=O)=O)cc2)c1. The van der Waals surface area contributed by atoms with Gasteiger partial charge in [-0.15, -0.1) is 11.8 Å². The highest BCUT2D eigenvalue weighted by molar-refractivity contribution is 8.00. The van der Waals surface area contributed by atoms with Crippen LogP contribution in [0.3, 0.4) is 0 Å². The van der Waals surface area contributed by atoms with Crippen molar-refractivity contribution in [2.75, 3.05) is 10.6 Å². The van der Waals surface area contributed by atoms with Crippen molar-refractivity contribution in [3.63, 3.8) is 0 Å². The Hall–Kier alpha value is -4.71. The largest absolute Gasteiger partial charge is 0.325 e. The summed E-state index contributed by atoms with van der Waals surface area (Å²) in [6, 6.07) is 28.7. The van der Waals surface area contributed by atoms with Gasteiger partial charge in [0.25, 0.3) is 11.8 Å².